The number of primary amides is 1. The Labute approximate surface area is 87.9 Å². The van der Waals surface area contributed by atoms with Crippen LogP contribution in [0.15, 0.2) is 12.1 Å². The molecule has 0 aliphatic rings. The molecule has 0 bridgehead atoms. The lowest BCUT2D eigenvalue weighted by molar-refractivity contribution is 0.212. The van der Waals surface area contributed by atoms with Crippen molar-refractivity contribution in [2.45, 2.75) is 32.6 Å². The first-order valence-corrected chi connectivity index (χ1v) is 5.60. The molecule has 1 aromatic heterocycles. The molecule has 2 N–H and O–H groups in total. The Hall–Kier alpha value is -1.03. The summed E-state index contributed by atoms with van der Waals surface area (Å²) in [6, 6.07) is 3.77. The van der Waals surface area contributed by atoms with Gasteiger partial charge in [-0.15, -0.1) is 11.3 Å². The maximum Gasteiger partial charge on any atom is 0.410 e. The molecule has 14 heavy (non-hydrogen) atoms. The molecular formula is C10H15NO2S. The number of hydrogen-bond donors (Lipinski definition) is 1. The summed E-state index contributed by atoms with van der Waals surface area (Å²) in [4.78, 5) is 11.7. The fraction of sp³-hybridized carbons (Fsp3) is 0.500. The molecule has 0 spiro atoms. The zero-order valence-electron chi connectivity index (χ0n) is 8.29. The van der Waals surface area contributed by atoms with E-state index in [4.69, 9.17) is 10.5 Å². The van der Waals surface area contributed by atoms with Gasteiger partial charge in [0.05, 0.1) is 0 Å². The molecule has 3 nitrogen and oxygen atoms in total. The number of unbranched alkanes of at least 4 members (excludes halogenated alkanes) is 2. The van der Waals surface area contributed by atoms with Gasteiger partial charge < -0.3 is 10.5 Å². The van der Waals surface area contributed by atoms with E-state index in [1.165, 1.54) is 35.5 Å². The summed E-state index contributed by atoms with van der Waals surface area (Å²) >= 11 is 1.49. The summed E-state index contributed by atoms with van der Waals surface area (Å²) < 4.78 is 4.76. The minimum atomic E-state index is -0.744. The van der Waals surface area contributed by atoms with Gasteiger partial charge in [-0.25, -0.2) is 4.79 Å². The van der Waals surface area contributed by atoms with Gasteiger partial charge in [-0.2, -0.15) is 0 Å². The van der Waals surface area contributed by atoms with Crippen LogP contribution in [-0.2, 0) is 6.42 Å². The van der Waals surface area contributed by atoms with Crippen LogP contribution in [0.25, 0.3) is 0 Å². The Bertz CT molecular complexity index is 296. The van der Waals surface area contributed by atoms with Gasteiger partial charge in [-0.1, -0.05) is 19.8 Å². The Kier molecular flexibility index (Phi) is 4.46. The molecule has 1 rings (SSSR count). The van der Waals surface area contributed by atoms with Crippen LogP contribution in [0.2, 0.25) is 0 Å². The average molecular weight is 213 g/mol. The number of nitrogens with two attached hydrogens (primary N) is 1. The third-order valence-electron chi connectivity index (χ3n) is 1.86. The van der Waals surface area contributed by atoms with Crippen LogP contribution >= 0.6 is 11.3 Å². The van der Waals surface area contributed by atoms with E-state index in [2.05, 4.69) is 6.92 Å². The number of aryl methyl sites for hydroxylation is 1. The molecule has 1 amide bonds. The molecule has 0 aliphatic carbocycles. The number of rotatable bonds is 5. The minimum Gasteiger partial charge on any atom is -0.399 e. The molecule has 4 heteroatoms. The zero-order valence-corrected chi connectivity index (χ0v) is 9.10. The van der Waals surface area contributed by atoms with Crippen molar-refractivity contribution in [2.24, 2.45) is 5.73 Å². The van der Waals surface area contributed by atoms with E-state index in [-0.39, 0.29) is 0 Å². The Balaban J connectivity index is 2.38. The lowest BCUT2D eigenvalue weighted by Gasteiger charge is -1.95. The first kappa shape index (κ1) is 11.0. The van der Waals surface area contributed by atoms with Crippen LogP contribution in [0.3, 0.4) is 0 Å². The van der Waals surface area contributed by atoms with Crippen LogP contribution in [0.5, 0.6) is 5.06 Å². The summed E-state index contributed by atoms with van der Waals surface area (Å²) in [6.07, 6.45) is 3.96. The summed E-state index contributed by atoms with van der Waals surface area (Å²) in [6.45, 7) is 2.18. The summed E-state index contributed by atoms with van der Waals surface area (Å²) in [5.74, 6) is 0. The second kappa shape index (κ2) is 5.65. The molecule has 0 fully saturated rings. The topological polar surface area (TPSA) is 52.3 Å². The first-order valence-electron chi connectivity index (χ1n) is 4.78. The quantitative estimate of drug-likeness (QED) is 0.764. The maximum absolute atomic E-state index is 10.4. The average Bonchev–Trinajstić information content (AvgIpc) is 2.52. The van der Waals surface area contributed by atoms with E-state index in [1.54, 1.807) is 6.07 Å². The van der Waals surface area contributed by atoms with Crippen molar-refractivity contribution < 1.29 is 9.53 Å². The molecule has 0 saturated heterocycles. The number of hydrogen-bond acceptors (Lipinski definition) is 3. The predicted molar refractivity (Wildman–Crippen MR) is 57.8 cm³/mol. The number of thiophene rings is 1. The van der Waals surface area contributed by atoms with E-state index in [9.17, 15) is 4.79 Å². The van der Waals surface area contributed by atoms with E-state index in [0.29, 0.717) is 5.06 Å². The molecular weight excluding hydrogens is 198 g/mol. The van der Waals surface area contributed by atoms with E-state index in [0.717, 1.165) is 6.42 Å². The fourth-order valence-corrected chi connectivity index (χ4v) is 2.10. The monoisotopic (exact) mass is 213 g/mol. The molecule has 0 aromatic carbocycles. The molecule has 0 radical (unpaired) electrons. The van der Waals surface area contributed by atoms with Gasteiger partial charge in [0.2, 0.25) is 0 Å². The second-order valence-electron chi connectivity index (χ2n) is 3.10. The SMILES string of the molecule is CCCCCc1ccc(OC(N)=O)s1. The normalized spacial score (nSPS) is 10.1. The van der Waals surface area contributed by atoms with Crippen LogP contribution in [0, 0.1) is 0 Å². The zero-order chi connectivity index (χ0) is 10.4. The molecule has 0 saturated carbocycles. The van der Waals surface area contributed by atoms with Crippen molar-refractivity contribution in [3.8, 4) is 5.06 Å². The van der Waals surface area contributed by atoms with E-state index >= 15 is 0 Å². The standard InChI is InChI=1S/C10H15NO2S/c1-2-3-4-5-8-6-7-9(14-8)13-10(11)12/h6-7H,2-5H2,1H3,(H2,11,12). The predicted octanol–water partition coefficient (Wildman–Crippen LogP) is 2.94. The van der Waals surface area contributed by atoms with Gasteiger partial charge in [-0.05, 0) is 25.0 Å². The van der Waals surface area contributed by atoms with Crippen molar-refractivity contribution in [1.29, 1.82) is 0 Å². The van der Waals surface area contributed by atoms with Crippen molar-refractivity contribution >= 4 is 17.4 Å². The second-order valence-corrected chi connectivity index (χ2v) is 4.23. The molecule has 1 aromatic rings. The first-order chi connectivity index (χ1) is 6.72. The van der Waals surface area contributed by atoms with Crippen LogP contribution in [0.4, 0.5) is 4.79 Å². The number of ether oxygens (including phenoxy) is 1. The van der Waals surface area contributed by atoms with Gasteiger partial charge in [0, 0.05) is 4.88 Å². The highest BCUT2D eigenvalue weighted by molar-refractivity contribution is 7.13. The van der Waals surface area contributed by atoms with Crippen LogP contribution in [0.1, 0.15) is 31.1 Å². The lowest BCUT2D eigenvalue weighted by Crippen LogP contribution is -2.15. The fourth-order valence-electron chi connectivity index (χ4n) is 1.20. The Morgan fingerprint density at radius 2 is 2.29 bits per heavy atom. The smallest absolute Gasteiger partial charge is 0.399 e. The third-order valence-corrected chi connectivity index (χ3v) is 2.89. The van der Waals surface area contributed by atoms with Gasteiger partial charge in [0.25, 0.3) is 0 Å². The summed E-state index contributed by atoms with van der Waals surface area (Å²) in [5.41, 5.74) is 4.90. The molecule has 0 unspecified atom stereocenters. The maximum atomic E-state index is 10.4. The Morgan fingerprint density at radius 1 is 1.50 bits per heavy atom. The van der Waals surface area contributed by atoms with Gasteiger partial charge in [0.15, 0.2) is 5.06 Å². The lowest BCUT2D eigenvalue weighted by atomic mass is 10.2. The molecule has 78 valence electrons. The number of amides is 1. The Morgan fingerprint density at radius 3 is 2.93 bits per heavy atom. The molecule has 0 atom stereocenters. The van der Waals surface area contributed by atoms with Crippen molar-refractivity contribution in [3.63, 3.8) is 0 Å². The molecule has 0 aliphatic heterocycles. The van der Waals surface area contributed by atoms with Gasteiger partial charge in [0.1, 0.15) is 0 Å². The number of carbonyl (C=O) groups is 1. The van der Waals surface area contributed by atoms with E-state index in [1.807, 2.05) is 6.07 Å². The third kappa shape index (κ3) is 3.79. The highest BCUT2D eigenvalue weighted by Crippen LogP contribution is 2.25. The summed E-state index contributed by atoms with van der Waals surface area (Å²) in [7, 11) is 0. The highest BCUT2D eigenvalue weighted by Gasteiger charge is 2.03. The number of carbonyl (C=O) groups excluding carboxylic acids is 1. The van der Waals surface area contributed by atoms with Gasteiger partial charge >= 0.3 is 6.09 Å². The molecule has 1 heterocycles. The van der Waals surface area contributed by atoms with Crippen molar-refractivity contribution in [3.05, 3.63) is 17.0 Å². The van der Waals surface area contributed by atoms with Gasteiger partial charge in [-0.3, -0.25) is 0 Å². The van der Waals surface area contributed by atoms with E-state index < -0.39 is 6.09 Å². The van der Waals surface area contributed by atoms with Crippen molar-refractivity contribution in [2.75, 3.05) is 0 Å². The van der Waals surface area contributed by atoms with Crippen LogP contribution in [-0.4, -0.2) is 6.09 Å². The highest BCUT2D eigenvalue weighted by atomic mass is 32.1. The van der Waals surface area contributed by atoms with Crippen molar-refractivity contribution in [1.82, 2.24) is 0 Å². The largest absolute Gasteiger partial charge is 0.410 e. The van der Waals surface area contributed by atoms with Crippen LogP contribution < -0.4 is 10.5 Å². The summed E-state index contributed by atoms with van der Waals surface area (Å²) in [5, 5.41) is 0.587. The minimum absolute atomic E-state index is 0.587.